The molecule has 0 aromatic heterocycles. The van der Waals surface area contributed by atoms with E-state index in [0.717, 1.165) is 24.3 Å². The van der Waals surface area contributed by atoms with E-state index in [4.69, 9.17) is 16.3 Å². The van der Waals surface area contributed by atoms with Gasteiger partial charge in [-0.3, -0.25) is 4.79 Å². The topological polar surface area (TPSA) is 93.7 Å². The van der Waals surface area contributed by atoms with Gasteiger partial charge in [0.15, 0.2) is 0 Å². The van der Waals surface area contributed by atoms with E-state index in [1.165, 1.54) is 0 Å². The molecule has 0 atom stereocenters. The van der Waals surface area contributed by atoms with Crippen molar-refractivity contribution >= 4 is 27.5 Å². The molecular weight excluding hydrogens is 473 g/mol. The van der Waals surface area contributed by atoms with Crippen molar-refractivity contribution in [1.82, 2.24) is 10.0 Å². The molecule has 2 N–H and O–H groups in total. The summed E-state index contributed by atoms with van der Waals surface area (Å²) in [5.41, 5.74) is 0. The fourth-order valence-electron chi connectivity index (χ4n) is 2.47. The quantitative estimate of drug-likeness (QED) is 0.437. The third-order valence-corrected chi connectivity index (χ3v) is 5.72. The summed E-state index contributed by atoms with van der Waals surface area (Å²) >= 11 is 5.79. The summed E-state index contributed by atoms with van der Waals surface area (Å²) in [5.74, 6) is -0.164. The SMILES string of the molecule is O=C(CCNS(=O)(=O)c1ccc(OC(F)(F)F)cc1)NCCCCOc1ccc(Cl)cc1. The Hall–Kier alpha value is -2.50. The Morgan fingerprint density at radius 1 is 0.938 bits per heavy atom. The number of ether oxygens (including phenoxy) is 2. The van der Waals surface area contributed by atoms with Gasteiger partial charge >= 0.3 is 6.36 Å². The second-order valence-electron chi connectivity index (χ2n) is 6.53. The summed E-state index contributed by atoms with van der Waals surface area (Å²) in [6.45, 7) is 0.731. The normalized spacial score (nSPS) is 11.8. The number of halogens is 4. The zero-order valence-electron chi connectivity index (χ0n) is 16.8. The number of rotatable bonds is 12. The first-order chi connectivity index (χ1) is 15.0. The van der Waals surface area contributed by atoms with E-state index in [9.17, 15) is 26.4 Å². The van der Waals surface area contributed by atoms with Crippen molar-refractivity contribution in [1.29, 1.82) is 0 Å². The molecule has 0 saturated heterocycles. The van der Waals surface area contributed by atoms with E-state index < -0.39 is 22.1 Å². The highest BCUT2D eigenvalue weighted by atomic mass is 35.5. The number of alkyl halides is 3. The molecule has 0 aliphatic rings. The fraction of sp³-hybridized carbons (Fsp3) is 0.350. The fourth-order valence-corrected chi connectivity index (χ4v) is 3.62. The van der Waals surface area contributed by atoms with Gasteiger partial charge in [0.25, 0.3) is 0 Å². The first-order valence-corrected chi connectivity index (χ1v) is 11.4. The van der Waals surface area contributed by atoms with Crippen LogP contribution in [0, 0.1) is 0 Å². The van der Waals surface area contributed by atoms with Crippen molar-refractivity contribution in [2.24, 2.45) is 0 Å². The van der Waals surface area contributed by atoms with Gasteiger partial charge < -0.3 is 14.8 Å². The molecule has 7 nitrogen and oxygen atoms in total. The molecule has 32 heavy (non-hydrogen) atoms. The molecule has 2 aromatic carbocycles. The maximum Gasteiger partial charge on any atom is 0.573 e. The maximum atomic E-state index is 12.2. The molecule has 1 amide bonds. The van der Waals surface area contributed by atoms with Gasteiger partial charge in [-0.25, -0.2) is 13.1 Å². The molecule has 0 aliphatic carbocycles. The predicted molar refractivity (Wildman–Crippen MR) is 112 cm³/mol. The van der Waals surface area contributed by atoms with Crippen LogP contribution in [0.5, 0.6) is 11.5 Å². The minimum atomic E-state index is -4.87. The Bertz CT molecular complexity index is 968. The van der Waals surface area contributed by atoms with Gasteiger partial charge in [0, 0.05) is 24.5 Å². The number of nitrogens with one attached hydrogen (secondary N) is 2. The molecule has 0 saturated carbocycles. The van der Waals surface area contributed by atoms with Gasteiger partial charge in [-0.1, -0.05) is 11.6 Å². The van der Waals surface area contributed by atoms with Crippen LogP contribution < -0.4 is 19.5 Å². The number of sulfonamides is 1. The van der Waals surface area contributed by atoms with Gasteiger partial charge in [-0.15, -0.1) is 13.2 Å². The summed E-state index contributed by atoms with van der Waals surface area (Å²) in [5, 5.41) is 3.30. The Balaban J connectivity index is 1.61. The third-order valence-electron chi connectivity index (χ3n) is 3.99. The van der Waals surface area contributed by atoms with Crippen molar-refractivity contribution in [2.45, 2.75) is 30.5 Å². The van der Waals surface area contributed by atoms with Crippen LogP contribution in [-0.4, -0.2) is 40.4 Å². The summed E-state index contributed by atoms with van der Waals surface area (Å²) in [4.78, 5) is 11.6. The van der Waals surface area contributed by atoms with Gasteiger partial charge in [0.05, 0.1) is 11.5 Å². The van der Waals surface area contributed by atoms with Gasteiger partial charge in [-0.05, 0) is 61.4 Å². The molecule has 176 valence electrons. The Labute approximate surface area is 188 Å². The zero-order valence-corrected chi connectivity index (χ0v) is 18.4. The lowest BCUT2D eigenvalue weighted by molar-refractivity contribution is -0.274. The van der Waals surface area contributed by atoms with Crippen molar-refractivity contribution in [2.75, 3.05) is 19.7 Å². The standard InChI is InChI=1S/C20H22ClF3N2O5S/c21-15-3-5-16(6-4-15)30-14-2-1-12-25-19(27)11-13-26-32(28,29)18-9-7-17(8-10-18)31-20(22,23)24/h3-10,26H,1-2,11-14H2,(H,25,27). The summed E-state index contributed by atoms with van der Waals surface area (Å²) in [7, 11) is -3.97. The maximum absolute atomic E-state index is 12.2. The minimum Gasteiger partial charge on any atom is -0.494 e. The van der Waals surface area contributed by atoms with Crippen molar-refractivity contribution in [3.05, 3.63) is 53.6 Å². The molecule has 0 spiro atoms. The second-order valence-corrected chi connectivity index (χ2v) is 8.73. The van der Waals surface area contributed by atoms with Crippen LogP contribution in [0.4, 0.5) is 13.2 Å². The lowest BCUT2D eigenvalue weighted by Gasteiger charge is -2.10. The molecular formula is C20H22ClF3N2O5S. The van der Waals surface area contributed by atoms with Crippen LogP contribution in [0.25, 0.3) is 0 Å². The first kappa shape index (κ1) is 25.8. The van der Waals surface area contributed by atoms with Crippen molar-refractivity contribution in [3.63, 3.8) is 0 Å². The number of hydrogen-bond donors (Lipinski definition) is 2. The number of unbranched alkanes of at least 4 members (excludes halogenated alkanes) is 1. The largest absolute Gasteiger partial charge is 0.573 e. The number of amides is 1. The highest BCUT2D eigenvalue weighted by molar-refractivity contribution is 7.89. The van der Waals surface area contributed by atoms with Crippen molar-refractivity contribution in [3.8, 4) is 11.5 Å². The molecule has 0 bridgehead atoms. The second kappa shape index (κ2) is 11.9. The monoisotopic (exact) mass is 494 g/mol. The third kappa shape index (κ3) is 9.75. The lowest BCUT2D eigenvalue weighted by atomic mass is 10.3. The summed E-state index contributed by atoms with van der Waals surface area (Å²) in [6.07, 6.45) is -3.56. The summed E-state index contributed by atoms with van der Waals surface area (Å²) in [6, 6.07) is 10.7. The first-order valence-electron chi connectivity index (χ1n) is 9.56. The van der Waals surface area contributed by atoms with E-state index in [1.54, 1.807) is 24.3 Å². The van der Waals surface area contributed by atoms with Gasteiger partial charge in [-0.2, -0.15) is 0 Å². The van der Waals surface area contributed by atoms with Crippen LogP contribution in [0.3, 0.4) is 0 Å². The van der Waals surface area contributed by atoms with Crippen LogP contribution in [-0.2, 0) is 14.8 Å². The number of hydrogen-bond acceptors (Lipinski definition) is 5. The predicted octanol–water partition coefficient (Wildman–Crippen LogP) is 3.88. The van der Waals surface area contributed by atoms with E-state index in [1.807, 2.05) is 0 Å². The van der Waals surface area contributed by atoms with Gasteiger partial charge in [0.2, 0.25) is 15.9 Å². The van der Waals surface area contributed by atoms with Crippen molar-refractivity contribution < 1.29 is 35.9 Å². The number of benzene rings is 2. The lowest BCUT2D eigenvalue weighted by Crippen LogP contribution is -2.31. The van der Waals surface area contributed by atoms with Crippen LogP contribution >= 0.6 is 11.6 Å². The van der Waals surface area contributed by atoms with E-state index in [0.29, 0.717) is 36.8 Å². The number of carbonyl (C=O) groups is 1. The minimum absolute atomic E-state index is 0.0875. The molecule has 0 unspecified atom stereocenters. The Morgan fingerprint density at radius 2 is 1.56 bits per heavy atom. The number of carbonyl (C=O) groups excluding carboxylic acids is 1. The highest BCUT2D eigenvalue weighted by Gasteiger charge is 2.31. The molecule has 2 rings (SSSR count). The molecule has 0 aliphatic heterocycles. The molecule has 2 aromatic rings. The van der Waals surface area contributed by atoms with E-state index in [2.05, 4.69) is 14.8 Å². The average molecular weight is 495 g/mol. The molecule has 0 radical (unpaired) electrons. The van der Waals surface area contributed by atoms with Crippen LogP contribution in [0.15, 0.2) is 53.4 Å². The van der Waals surface area contributed by atoms with Crippen LogP contribution in [0.1, 0.15) is 19.3 Å². The average Bonchev–Trinajstić information content (AvgIpc) is 2.71. The van der Waals surface area contributed by atoms with Crippen LogP contribution in [0.2, 0.25) is 5.02 Å². The Morgan fingerprint density at radius 3 is 2.19 bits per heavy atom. The molecule has 12 heteroatoms. The van der Waals surface area contributed by atoms with E-state index >= 15 is 0 Å². The Kier molecular flexibility index (Phi) is 9.60. The van der Waals surface area contributed by atoms with E-state index in [-0.39, 0.29) is 23.8 Å². The molecule has 0 heterocycles. The summed E-state index contributed by atoms with van der Waals surface area (Å²) < 4.78 is 72.2. The smallest absolute Gasteiger partial charge is 0.494 e. The highest BCUT2D eigenvalue weighted by Crippen LogP contribution is 2.23. The molecule has 0 fully saturated rings. The van der Waals surface area contributed by atoms with Gasteiger partial charge in [0.1, 0.15) is 11.5 Å². The zero-order chi connectivity index (χ0) is 23.6.